The number of alkyl carbamates (subject to hydrolysis) is 1. The Morgan fingerprint density at radius 1 is 1.42 bits per heavy atom. The van der Waals surface area contributed by atoms with Crippen molar-refractivity contribution in [2.24, 2.45) is 5.92 Å². The number of amides is 1. The molecule has 1 heterocycles. The highest BCUT2D eigenvalue weighted by Crippen LogP contribution is 2.16. The predicted molar refractivity (Wildman–Crippen MR) is 75.2 cm³/mol. The van der Waals surface area contributed by atoms with Crippen molar-refractivity contribution in [1.29, 1.82) is 0 Å². The summed E-state index contributed by atoms with van der Waals surface area (Å²) >= 11 is 0. The van der Waals surface area contributed by atoms with E-state index >= 15 is 0 Å². The third-order valence-electron chi connectivity index (χ3n) is 3.18. The van der Waals surface area contributed by atoms with Gasteiger partial charge >= 0.3 is 6.09 Å². The third-order valence-corrected chi connectivity index (χ3v) is 3.18. The third kappa shape index (κ3) is 6.78. The van der Waals surface area contributed by atoms with Crippen molar-refractivity contribution in [2.75, 3.05) is 19.8 Å². The van der Waals surface area contributed by atoms with Crippen LogP contribution in [0.3, 0.4) is 0 Å². The number of nitrogens with one attached hydrogen (secondary N) is 2. The van der Waals surface area contributed by atoms with E-state index in [1.54, 1.807) is 0 Å². The van der Waals surface area contributed by atoms with E-state index in [1.165, 1.54) is 0 Å². The first-order chi connectivity index (χ1) is 8.78. The number of carbonyl (C=O) groups excluding carboxylic acids is 1. The van der Waals surface area contributed by atoms with Crippen LogP contribution < -0.4 is 10.6 Å². The predicted octanol–water partition coefficient (Wildman–Crippen LogP) is 1.91. The molecule has 0 radical (unpaired) electrons. The van der Waals surface area contributed by atoms with Crippen LogP contribution in [0.2, 0.25) is 0 Å². The van der Waals surface area contributed by atoms with Gasteiger partial charge in [-0.1, -0.05) is 0 Å². The summed E-state index contributed by atoms with van der Waals surface area (Å²) in [6.07, 6.45) is 0.751. The van der Waals surface area contributed by atoms with Crippen LogP contribution in [0.4, 0.5) is 4.79 Å². The zero-order valence-corrected chi connectivity index (χ0v) is 12.8. The van der Waals surface area contributed by atoms with E-state index in [4.69, 9.17) is 9.47 Å². The van der Waals surface area contributed by atoms with Gasteiger partial charge in [-0.05, 0) is 47.0 Å². The van der Waals surface area contributed by atoms with Crippen molar-refractivity contribution in [2.45, 2.75) is 58.7 Å². The first kappa shape index (κ1) is 16.2. The Morgan fingerprint density at radius 3 is 2.63 bits per heavy atom. The van der Waals surface area contributed by atoms with Crippen LogP contribution in [-0.2, 0) is 9.47 Å². The quantitative estimate of drug-likeness (QED) is 0.802. The van der Waals surface area contributed by atoms with Gasteiger partial charge in [0.15, 0.2) is 0 Å². The Hall–Kier alpha value is -0.810. The van der Waals surface area contributed by atoms with E-state index in [2.05, 4.69) is 17.6 Å². The maximum absolute atomic E-state index is 11.6. The molecule has 0 bridgehead atoms. The second-order valence-corrected chi connectivity index (χ2v) is 6.37. The van der Waals surface area contributed by atoms with E-state index < -0.39 is 5.60 Å². The van der Waals surface area contributed by atoms with Crippen molar-refractivity contribution in [3.05, 3.63) is 0 Å². The lowest BCUT2D eigenvalue weighted by Gasteiger charge is -2.24. The van der Waals surface area contributed by atoms with Gasteiger partial charge in [-0.15, -0.1) is 0 Å². The Bertz CT molecular complexity index is 283. The topological polar surface area (TPSA) is 59.6 Å². The number of rotatable bonds is 5. The molecule has 1 rings (SSSR count). The second kappa shape index (κ2) is 7.10. The van der Waals surface area contributed by atoms with Crippen LogP contribution in [0.15, 0.2) is 0 Å². The molecular weight excluding hydrogens is 244 g/mol. The number of carbonyl (C=O) groups is 1. The SMILES string of the molecule is CC(CNC(C)C1CCOC1)NC(=O)OC(C)(C)C. The number of hydrogen-bond acceptors (Lipinski definition) is 4. The molecule has 2 N–H and O–H groups in total. The Balaban J connectivity index is 2.19. The summed E-state index contributed by atoms with van der Waals surface area (Å²) in [5, 5.41) is 6.27. The fraction of sp³-hybridized carbons (Fsp3) is 0.929. The fourth-order valence-corrected chi connectivity index (χ4v) is 2.04. The molecule has 0 saturated carbocycles. The van der Waals surface area contributed by atoms with E-state index in [9.17, 15) is 4.79 Å². The van der Waals surface area contributed by atoms with Crippen LogP contribution >= 0.6 is 0 Å². The van der Waals surface area contributed by atoms with Crippen molar-refractivity contribution in [1.82, 2.24) is 10.6 Å². The molecule has 3 unspecified atom stereocenters. The minimum atomic E-state index is -0.453. The molecule has 5 nitrogen and oxygen atoms in total. The molecule has 1 aliphatic rings. The summed E-state index contributed by atoms with van der Waals surface area (Å²) in [6, 6.07) is 0.449. The van der Waals surface area contributed by atoms with Crippen molar-refractivity contribution in [3.8, 4) is 0 Å². The van der Waals surface area contributed by atoms with Gasteiger partial charge in [0.25, 0.3) is 0 Å². The minimum Gasteiger partial charge on any atom is -0.444 e. The van der Waals surface area contributed by atoms with Crippen molar-refractivity contribution in [3.63, 3.8) is 0 Å². The van der Waals surface area contributed by atoms with Gasteiger partial charge in [-0.3, -0.25) is 0 Å². The van der Waals surface area contributed by atoms with Gasteiger partial charge in [0.1, 0.15) is 5.60 Å². The highest BCUT2D eigenvalue weighted by Gasteiger charge is 2.23. The molecule has 1 saturated heterocycles. The maximum atomic E-state index is 11.6. The fourth-order valence-electron chi connectivity index (χ4n) is 2.04. The standard InChI is InChI=1S/C14H28N2O3/c1-10(16-13(17)19-14(3,4)5)8-15-11(2)12-6-7-18-9-12/h10-12,15H,6-9H2,1-5H3,(H,16,17). The molecule has 0 spiro atoms. The average molecular weight is 272 g/mol. The molecule has 112 valence electrons. The Labute approximate surface area is 116 Å². The molecule has 1 aliphatic heterocycles. The molecule has 0 aromatic carbocycles. The highest BCUT2D eigenvalue weighted by molar-refractivity contribution is 5.68. The van der Waals surface area contributed by atoms with E-state index in [0.29, 0.717) is 12.0 Å². The van der Waals surface area contributed by atoms with Crippen molar-refractivity contribution >= 4 is 6.09 Å². The van der Waals surface area contributed by atoms with E-state index in [0.717, 1.165) is 26.2 Å². The zero-order valence-electron chi connectivity index (χ0n) is 12.8. The average Bonchev–Trinajstić information content (AvgIpc) is 2.76. The lowest BCUT2D eigenvalue weighted by atomic mass is 10.0. The largest absolute Gasteiger partial charge is 0.444 e. The monoisotopic (exact) mass is 272 g/mol. The van der Waals surface area contributed by atoms with Gasteiger partial charge in [0, 0.05) is 25.2 Å². The van der Waals surface area contributed by atoms with Crippen LogP contribution in [0.25, 0.3) is 0 Å². The second-order valence-electron chi connectivity index (χ2n) is 6.37. The van der Waals surface area contributed by atoms with Gasteiger partial charge in [0.05, 0.1) is 6.61 Å². The molecular formula is C14H28N2O3. The van der Waals surface area contributed by atoms with Gasteiger partial charge in [-0.2, -0.15) is 0 Å². The first-order valence-electron chi connectivity index (χ1n) is 7.08. The van der Waals surface area contributed by atoms with Crippen LogP contribution in [0.5, 0.6) is 0 Å². The Kier molecular flexibility index (Phi) is 6.07. The maximum Gasteiger partial charge on any atom is 0.407 e. The normalized spacial score (nSPS) is 22.9. The summed E-state index contributed by atoms with van der Waals surface area (Å²) in [5.74, 6) is 0.578. The molecule has 0 aliphatic carbocycles. The van der Waals surface area contributed by atoms with Crippen molar-refractivity contribution < 1.29 is 14.3 Å². The van der Waals surface area contributed by atoms with Crippen LogP contribution in [0, 0.1) is 5.92 Å². The summed E-state index contributed by atoms with van der Waals surface area (Å²) in [5.41, 5.74) is -0.453. The van der Waals surface area contributed by atoms with Gasteiger partial charge < -0.3 is 20.1 Å². The summed E-state index contributed by atoms with van der Waals surface area (Å²) in [4.78, 5) is 11.6. The van der Waals surface area contributed by atoms with E-state index in [1.807, 2.05) is 27.7 Å². The van der Waals surface area contributed by atoms with Crippen LogP contribution in [-0.4, -0.2) is 43.5 Å². The molecule has 1 fully saturated rings. The van der Waals surface area contributed by atoms with E-state index in [-0.39, 0.29) is 12.1 Å². The van der Waals surface area contributed by atoms with Gasteiger partial charge in [-0.25, -0.2) is 4.79 Å². The van der Waals surface area contributed by atoms with Crippen LogP contribution in [0.1, 0.15) is 41.0 Å². The van der Waals surface area contributed by atoms with Gasteiger partial charge in [0.2, 0.25) is 0 Å². The summed E-state index contributed by atoms with van der Waals surface area (Å²) in [6.45, 7) is 12.1. The number of ether oxygens (including phenoxy) is 2. The molecule has 3 atom stereocenters. The molecule has 19 heavy (non-hydrogen) atoms. The molecule has 0 aromatic rings. The zero-order chi connectivity index (χ0) is 14.5. The first-order valence-corrected chi connectivity index (χ1v) is 7.08. The lowest BCUT2D eigenvalue weighted by molar-refractivity contribution is 0.0507. The highest BCUT2D eigenvalue weighted by atomic mass is 16.6. The molecule has 1 amide bonds. The molecule has 5 heteroatoms. The molecule has 0 aromatic heterocycles. The minimum absolute atomic E-state index is 0.0413. The lowest BCUT2D eigenvalue weighted by Crippen LogP contribution is -2.46. The number of hydrogen-bond donors (Lipinski definition) is 2. The smallest absolute Gasteiger partial charge is 0.407 e. The summed E-state index contributed by atoms with van der Waals surface area (Å²) < 4.78 is 10.6. The Morgan fingerprint density at radius 2 is 2.11 bits per heavy atom. The summed E-state index contributed by atoms with van der Waals surface area (Å²) in [7, 11) is 0.